The Labute approximate surface area is 109 Å². The summed E-state index contributed by atoms with van der Waals surface area (Å²) in [4.78, 5) is 35.0. The zero-order valence-corrected chi connectivity index (χ0v) is 10.7. The molecular formula is C13H12O6. The summed E-state index contributed by atoms with van der Waals surface area (Å²) in [5, 5.41) is 0. The number of carbonyl (C=O) groups excluding carboxylic acids is 3. The molecule has 0 aromatic rings. The van der Waals surface area contributed by atoms with E-state index >= 15 is 0 Å². The molecule has 2 rings (SSSR count). The van der Waals surface area contributed by atoms with Crippen LogP contribution in [0.25, 0.3) is 0 Å². The van der Waals surface area contributed by atoms with E-state index in [1.807, 2.05) is 0 Å². The van der Waals surface area contributed by atoms with Crippen LogP contribution in [0.3, 0.4) is 0 Å². The number of ether oxygens (including phenoxy) is 3. The molecule has 0 saturated heterocycles. The quantitative estimate of drug-likeness (QED) is 0.673. The van der Waals surface area contributed by atoms with E-state index in [-0.39, 0.29) is 17.1 Å². The first-order valence-corrected chi connectivity index (χ1v) is 5.48. The number of rotatable bonds is 2. The van der Waals surface area contributed by atoms with E-state index in [9.17, 15) is 14.4 Å². The minimum absolute atomic E-state index is 0.0643. The Bertz CT molecular complexity index is 566. The van der Waals surface area contributed by atoms with Gasteiger partial charge in [0.05, 0.1) is 14.2 Å². The Kier molecular flexibility index (Phi) is 3.01. The van der Waals surface area contributed by atoms with Gasteiger partial charge in [-0.05, 0) is 30.7 Å². The summed E-state index contributed by atoms with van der Waals surface area (Å²) < 4.78 is 14.7. The Morgan fingerprint density at radius 2 is 2.00 bits per heavy atom. The zero-order chi connectivity index (χ0) is 14.2. The van der Waals surface area contributed by atoms with Crippen molar-refractivity contribution >= 4 is 17.7 Å². The molecule has 1 unspecified atom stereocenters. The molecule has 0 aromatic heterocycles. The van der Waals surface area contributed by atoms with Crippen molar-refractivity contribution in [2.45, 2.75) is 12.5 Å². The third-order valence-electron chi connectivity index (χ3n) is 2.96. The first-order valence-electron chi connectivity index (χ1n) is 5.48. The highest BCUT2D eigenvalue weighted by Crippen LogP contribution is 2.39. The number of hydrogen-bond acceptors (Lipinski definition) is 6. The van der Waals surface area contributed by atoms with Crippen LogP contribution < -0.4 is 0 Å². The molecular weight excluding hydrogens is 252 g/mol. The summed E-state index contributed by atoms with van der Waals surface area (Å²) in [6, 6.07) is 0. The van der Waals surface area contributed by atoms with Crippen LogP contribution in [0.2, 0.25) is 0 Å². The van der Waals surface area contributed by atoms with Crippen molar-refractivity contribution in [2.24, 2.45) is 0 Å². The molecule has 0 radical (unpaired) electrons. The second-order valence-corrected chi connectivity index (χ2v) is 4.11. The number of ketones is 1. The number of esters is 2. The van der Waals surface area contributed by atoms with Crippen LogP contribution in [0.4, 0.5) is 0 Å². The van der Waals surface area contributed by atoms with Crippen molar-refractivity contribution in [3.05, 3.63) is 35.1 Å². The van der Waals surface area contributed by atoms with Crippen LogP contribution in [-0.2, 0) is 28.6 Å². The maximum Gasteiger partial charge on any atom is 0.375 e. The lowest BCUT2D eigenvalue weighted by Crippen LogP contribution is -2.34. The monoisotopic (exact) mass is 264 g/mol. The van der Waals surface area contributed by atoms with E-state index in [2.05, 4.69) is 4.74 Å². The summed E-state index contributed by atoms with van der Waals surface area (Å²) in [5.41, 5.74) is -1.12. The average molecular weight is 264 g/mol. The van der Waals surface area contributed by atoms with Crippen molar-refractivity contribution in [2.75, 3.05) is 14.2 Å². The number of carbonyl (C=O) groups is 3. The van der Waals surface area contributed by atoms with E-state index in [0.717, 1.165) is 0 Å². The fraction of sp³-hybridized carbons (Fsp3) is 0.308. The average Bonchev–Trinajstić information content (AvgIpc) is 2.65. The fourth-order valence-corrected chi connectivity index (χ4v) is 2.06. The Hall–Kier alpha value is -2.37. The molecule has 100 valence electrons. The smallest absolute Gasteiger partial charge is 0.375 e. The van der Waals surface area contributed by atoms with Gasteiger partial charge in [0, 0.05) is 0 Å². The van der Waals surface area contributed by atoms with Gasteiger partial charge in [0.2, 0.25) is 5.76 Å². The summed E-state index contributed by atoms with van der Waals surface area (Å²) in [6.07, 6.45) is 4.01. The van der Waals surface area contributed by atoms with Gasteiger partial charge in [-0.15, -0.1) is 0 Å². The second-order valence-electron chi connectivity index (χ2n) is 4.11. The molecule has 1 heterocycles. The minimum Gasteiger partial charge on any atom is -0.489 e. The Morgan fingerprint density at radius 3 is 2.53 bits per heavy atom. The first-order chi connectivity index (χ1) is 8.95. The standard InChI is InChI=1S/C13H12O6/c1-7-6-13(5-4-8(7)14)9(11(15)18-3)10(17-2)12(16)19-13/h4-6H,1-3H3. The van der Waals surface area contributed by atoms with Gasteiger partial charge in [0.25, 0.3) is 0 Å². The predicted molar refractivity (Wildman–Crippen MR) is 62.8 cm³/mol. The maximum absolute atomic E-state index is 11.9. The maximum atomic E-state index is 11.9. The minimum atomic E-state index is -1.42. The summed E-state index contributed by atoms with van der Waals surface area (Å²) in [7, 11) is 2.44. The highest BCUT2D eigenvalue weighted by Gasteiger charge is 2.51. The van der Waals surface area contributed by atoms with E-state index in [1.165, 1.54) is 32.4 Å². The molecule has 0 bridgehead atoms. The number of allylic oxidation sites excluding steroid dienone is 2. The molecule has 1 atom stereocenters. The SMILES string of the molecule is COC(=O)C1=C(OC)C(=O)OC12C=CC(=O)C(C)=C2. The van der Waals surface area contributed by atoms with E-state index in [1.54, 1.807) is 6.92 Å². The van der Waals surface area contributed by atoms with E-state index in [4.69, 9.17) is 9.47 Å². The topological polar surface area (TPSA) is 78.9 Å². The lowest BCUT2D eigenvalue weighted by Gasteiger charge is -2.25. The van der Waals surface area contributed by atoms with Crippen LogP contribution >= 0.6 is 0 Å². The van der Waals surface area contributed by atoms with Crippen molar-refractivity contribution in [1.82, 2.24) is 0 Å². The molecule has 0 fully saturated rings. The molecule has 0 amide bonds. The molecule has 1 aliphatic heterocycles. The third kappa shape index (κ3) is 1.85. The largest absolute Gasteiger partial charge is 0.489 e. The molecule has 1 aliphatic carbocycles. The van der Waals surface area contributed by atoms with Crippen molar-refractivity contribution < 1.29 is 28.6 Å². The van der Waals surface area contributed by atoms with Gasteiger partial charge < -0.3 is 14.2 Å². The van der Waals surface area contributed by atoms with Gasteiger partial charge in [0.1, 0.15) is 5.57 Å². The second kappa shape index (κ2) is 4.38. The summed E-state index contributed by atoms with van der Waals surface area (Å²) in [6.45, 7) is 1.57. The van der Waals surface area contributed by atoms with Gasteiger partial charge in [-0.2, -0.15) is 0 Å². The van der Waals surface area contributed by atoms with Crippen molar-refractivity contribution in [1.29, 1.82) is 0 Å². The number of hydrogen-bond donors (Lipinski definition) is 0. The van der Waals surface area contributed by atoms with Gasteiger partial charge in [-0.25, -0.2) is 9.59 Å². The van der Waals surface area contributed by atoms with E-state index in [0.29, 0.717) is 5.57 Å². The van der Waals surface area contributed by atoms with Crippen molar-refractivity contribution in [3.8, 4) is 0 Å². The first kappa shape index (κ1) is 13.1. The molecule has 0 aromatic carbocycles. The normalized spacial score (nSPS) is 25.5. The molecule has 6 heteroatoms. The summed E-state index contributed by atoms with van der Waals surface area (Å²) >= 11 is 0. The van der Waals surface area contributed by atoms with Crippen molar-refractivity contribution in [3.63, 3.8) is 0 Å². The zero-order valence-electron chi connectivity index (χ0n) is 10.7. The predicted octanol–water partition coefficient (Wildman–Crippen LogP) is 0.441. The van der Waals surface area contributed by atoms with Crippen LogP contribution in [-0.4, -0.2) is 37.5 Å². The fourth-order valence-electron chi connectivity index (χ4n) is 2.06. The van der Waals surface area contributed by atoms with Crippen LogP contribution in [0.15, 0.2) is 35.1 Å². The van der Waals surface area contributed by atoms with Crippen LogP contribution in [0, 0.1) is 0 Å². The highest BCUT2D eigenvalue weighted by molar-refractivity contribution is 6.09. The molecule has 2 aliphatic rings. The molecule has 6 nitrogen and oxygen atoms in total. The third-order valence-corrected chi connectivity index (χ3v) is 2.96. The van der Waals surface area contributed by atoms with Crippen LogP contribution in [0.5, 0.6) is 0 Å². The van der Waals surface area contributed by atoms with Crippen LogP contribution in [0.1, 0.15) is 6.92 Å². The highest BCUT2D eigenvalue weighted by atomic mass is 16.6. The Morgan fingerprint density at radius 1 is 1.32 bits per heavy atom. The van der Waals surface area contributed by atoms with Gasteiger partial charge in [-0.1, -0.05) is 0 Å². The lowest BCUT2D eigenvalue weighted by molar-refractivity contribution is -0.145. The number of methoxy groups -OCH3 is 2. The van der Waals surface area contributed by atoms with Gasteiger partial charge >= 0.3 is 11.9 Å². The molecule has 1 spiro atoms. The summed E-state index contributed by atoms with van der Waals surface area (Å²) in [5.74, 6) is -1.94. The molecule has 0 N–H and O–H groups in total. The van der Waals surface area contributed by atoms with Gasteiger partial charge in [0.15, 0.2) is 11.4 Å². The molecule has 19 heavy (non-hydrogen) atoms. The lowest BCUT2D eigenvalue weighted by atomic mass is 9.86. The molecule has 0 saturated carbocycles. The van der Waals surface area contributed by atoms with E-state index < -0.39 is 17.5 Å². The van der Waals surface area contributed by atoms with Gasteiger partial charge in [-0.3, -0.25) is 4.79 Å². The Balaban J connectivity index is 2.62.